The van der Waals surface area contributed by atoms with Gasteiger partial charge in [-0.3, -0.25) is 19.8 Å². The Morgan fingerprint density at radius 1 is 1.33 bits per heavy atom. The minimum Gasteiger partial charge on any atom is -0.495 e. The molecule has 0 N–H and O–H groups in total. The van der Waals surface area contributed by atoms with E-state index in [4.69, 9.17) is 16.3 Å². The van der Waals surface area contributed by atoms with Crippen LogP contribution in [-0.4, -0.2) is 23.7 Å². The molecule has 0 aliphatic carbocycles. The van der Waals surface area contributed by atoms with Gasteiger partial charge in [-0.1, -0.05) is 23.7 Å². The van der Waals surface area contributed by atoms with Gasteiger partial charge in [0.1, 0.15) is 11.1 Å². The molecule has 124 valence electrons. The van der Waals surface area contributed by atoms with Crippen LogP contribution < -0.4 is 9.64 Å². The first-order valence-electron chi connectivity index (χ1n) is 7.03. The quantitative estimate of drug-likeness (QED) is 0.604. The number of methoxy groups -OCH3 is 1. The van der Waals surface area contributed by atoms with Crippen molar-refractivity contribution in [3.63, 3.8) is 0 Å². The molecule has 0 spiro atoms. The molecule has 0 unspecified atom stereocenters. The molecule has 8 heteroatoms. The van der Waals surface area contributed by atoms with E-state index in [1.54, 1.807) is 36.4 Å². The molecule has 6 nitrogen and oxygen atoms in total. The van der Waals surface area contributed by atoms with E-state index in [2.05, 4.69) is 0 Å². The number of halogens is 1. The van der Waals surface area contributed by atoms with Crippen molar-refractivity contribution in [2.45, 2.75) is 5.37 Å². The van der Waals surface area contributed by atoms with Crippen LogP contribution in [0.5, 0.6) is 5.75 Å². The van der Waals surface area contributed by atoms with Gasteiger partial charge in [-0.25, -0.2) is 0 Å². The summed E-state index contributed by atoms with van der Waals surface area (Å²) in [7, 11) is 1.50. The zero-order valence-corrected chi connectivity index (χ0v) is 14.2. The number of hydrogen-bond acceptors (Lipinski definition) is 5. The van der Waals surface area contributed by atoms with E-state index in [9.17, 15) is 14.9 Å². The molecule has 0 saturated carbocycles. The van der Waals surface area contributed by atoms with E-state index in [-0.39, 0.29) is 17.3 Å². The van der Waals surface area contributed by atoms with Gasteiger partial charge in [-0.2, -0.15) is 0 Å². The first-order chi connectivity index (χ1) is 11.5. The normalized spacial score (nSPS) is 17.2. The third-order valence-corrected chi connectivity index (χ3v) is 5.10. The summed E-state index contributed by atoms with van der Waals surface area (Å²) in [6, 6.07) is 11.4. The summed E-state index contributed by atoms with van der Waals surface area (Å²) >= 11 is 7.40. The summed E-state index contributed by atoms with van der Waals surface area (Å²) in [6.45, 7) is 0. The highest BCUT2D eigenvalue weighted by Crippen LogP contribution is 2.47. The van der Waals surface area contributed by atoms with Crippen LogP contribution in [0.1, 0.15) is 10.9 Å². The molecule has 3 rings (SSSR count). The van der Waals surface area contributed by atoms with Gasteiger partial charge in [0.25, 0.3) is 5.69 Å². The monoisotopic (exact) mass is 364 g/mol. The number of nitro groups is 1. The zero-order valence-electron chi connectivity index (χ0n) is 12.6. The number of rotatable bonds is 4. The fourth-order valence-electron chi connectivity index (χ4n) is 2.63. The van der Waals surface area contributed by atoms with Gasteiger partial charge in [0.05, 0.1) is 29.0 Å². The first kappa shape index (κ1) is 16.6. The Morgan fingerprint density at radius 3 is 2.79 bits per heavy atom. The number of carbonyl (C=O) groups excluding carboxylic acids is 1. The van der Waals surface area contributed by atoms with Gasteiger partial charge in [0, 0.05) is 11.1 Å². The molecule has 1 atom stereocenters. The second-order valence-corrected chi connectivity index (χ2v) is 6.56. The summed E-state index contributed by atoms with van der Waals surface area (Å²) in [5.41, 5.74) is 0.958. The lowest BCUT2D eigenvalue weighted by Crippen LogP contribution is -2.28. The van der Waals surface area contributed by atoms with Gasteiger partial charge in [-0.15, -0.1) is 11.8 Å². The SMILES string of the molecule is COc1ccc(Cl)cc1N1C(=O)CS[C@@H]1c1ccccc1[N+](=O)[O-]. The number of benzene rings is 2. The molecule has 0 bridgehead atoms. The minimum atomic E-state index is -0.508. The Labute approximate surface area is 147 Å². The van der Waals surface area contributed by atoms with Gasteiger partial charge in [-0.05, 0) is 24.3 Å². The lowest BCUT2D eigenvalue weighted by molar-refractivity contribution is -0.385. The average molecular weight is 365 g/mol. The van der Waals surface area contributed by atoms with Crippen molar-refractivity contribution in [1.29, 1.82) is 0 Å². The number of anilines is 1. The molecule has 0 radical (unpaired) electrons. The van der Waals surface area contributed by atoms with E-state index < -0.39 is 10.3 Å². The van der Waals surface area contributed by atoms with Crippen molar-refractivity contribution >= 4 is 40.6 Å². The lowest BCUT2D eigenvalue weighted by Gasteiger charge is -2.25. The fourth-order valence-corrected chi connectivity index (χ4v) is 3.99. The fraction of sp³-hybridized carbons (Fsp3) is 0.188. The number of para-hydroxylation sites is 1. The van der Waals surface area contributed by atoms with E-state index in [0.717, 1.165) is 0 Å². The van der Waals surface area contributed by atoms with Gasteiger partial charge in [0.2, 0.25) is 5.91 Å². The number of amides is 1. The zero-order chi connectivity index (χ0) is 17.3. The lowest BCUT2D eigenvalue weighted by atomic mass is 10.1. The maximum absolute atomic E-state index is 12.5. The standard InChI is InChI=1S/C16H13ClN2O4S/c1-23-14-7-6-10(17)8-13(14)18-15(20)9-24-16(18)11-4-2-3-5-12(11)19(21)22/h2-8,16H,9H2,1H3/t16-/m1/s1. The molecule has 0 aromatic heterocycles. The highest BCUT2D eigenvalue weighted by Gasteiger charge is 2.38. The summed E-state index contributed by atoms with van der Waals surface area (Å²) < 4.78 is 5.33. The maximum Gasteiger partial charge on any atom is 0.275 e. The van der Waals surface area contributed by atoms with Crippen LogP contribution in [0.2, 0.25) is 5.02 Å². The molecular formula is C16H13ClN2O4S. The smallest absolute Gasteiger partial charge is 0.275 e. The minimum absolute atomic E-state index is 0.0179. The van der Waals surface area contributed by atoms with E-state index in [1.165, 1.54) is 29.8 Å². The molecule has 1 saturated heterocycles. The van der Waals surface area contributed by atoms with E-state index >= 15 is 0 Å². The Hall–Kier alpha value is -2.25. The topological polar surface area (TPSA) is 72.7 Å². The van der Waals surface area contributed by atoms with Gasteiger partial charge < -0.3 is 4.74 Å². The number of nitro benzene ring substituents is 1. The van der Waals surface area contributed by atoms with Crippen molar-refractivity contribution in [3.05, 3.63) is 63.2 Å². The van der Waals surface area contributed by atoms with Crippen molar-refractivity contribution < 1.29 is 14.5 Å². The van der Waals surface area contributed by atoms with Crippen LogP contribution in [0.3, 0.4) is 0 Å². The summed E-state index contributed by atoms with van der Waals surface area (Å²) in [5, 5.41) is 11.3. The van der Waals surface area contributed by atoms with Crippen molar-refractivity contribution in [2.24, 2.45) is 0 Å². The van der Waals surface area contributed by atoms with Crippen LogP contribution in [0.25, 0.3) is 0 Å². The Bertz CT molecular complexity index is 814. The highest BCUT2D eigenvalue weighted by atomic mass is 35.5. The molecule has 1 fully saturated rings. The highest BCUT2D eigenvalue weighted by molar-refractivity contribution is 8.00. The summed E-state index contributed by atoms with van der Waals surface area (Å²) in [6.07, 6.45) is 0. The molecule has 24 heavy (non-hydrogen) atoms. The van der Waals surface area contributed by atoms with Crippen molar-refractivity contribution in [1.82, 2.24) is 0 Å². The Kier molecular flexibility index (Phi) is 4.64. The number of ether oxygens (including phenoxy) is 1. The van der Waals surface area contributed by atoms with Crippen LogP contribution in [0.15, 0.2) is 42.5 Å². The van der Waals surface area contributed by atoms with Crippen molar-refractivity contribution in [2.75, 3.05) is 17.8 Å². The predicted molar refractivity (Wildman–Crippen MR) is 93.8 cm³/mol. The number of thioether (sulfide) groups is 1. The Balaban J connectivity index is 2.12. The van der Waals surface area contributed by atoms with Gasteiger partial charge >= 0.3 is 0 Å². The van der Waals surface area contributed by atoms with Crippen LogP contribution in [0.4, 0.5) is 11.4 Å². The molecule has 1 heterocycles. The molecule has 1 aliphatic heterocycles. The average Bonchev–Trinajstić information content (AvgIpc) is 2.96. The second kappa shape index (κ2) is 6.70. The van der Waals surface area contributed by atoms with Crippen LogP contribution in [-0.2, 0) is 4.79 Å². The van der Waals surface area contributed by atoms with E-state index in [0.29, 0.717) is 22.0 Å². The second-order valence-electron chi connectivity index (χ2n) is 5.06. The maximum atomic E-state index is 12.5. The first-order valence-corrected chi connectivity index (χ1v) is 8.46. The largest absolute Gasteiger partial charge is 0.495 e. The van der Waals surface area contributed by atoms with Crippen LogP contribution in [0, 0.1) is 10.1 Å². The predicted octanol–water partition coefficient (Wildman–Crippen LogP) is 4.04. The van der Waals surface area contributed by atoms with Crippen molar-refractivity contribution in [3.8, 4) is 5.75 Å². The third-order valence-electron chi connectivity index (χ3n) is 3.67. The Morgan fingerprint density at radius 2 is 2.08 bits per heavy atom. The molecule has 1 amide bonds. The molecule has 2 aromatic rings. The molecular weight excluding hydrogens is 352 g/mol. The number of carbonyl (C=O) groups is 1. The summed E-state index contributed by atoms with van der Waals surface area (Å²) in [5.74, 6) is 0.564. The van der Waals surface area contributed by atoms with E-state index in [1.807, 2.05) is 0 Å². The third kappa shape index (κ3) is 2.92. The number of nitrogens with zero attached hydrogens (tertiary/aromatic N) is 2. The summed E-state index contributed by atoms with van der Waals surface area (Å²) in [4.78, 5) is 24.9. The van der Waals surface area contributed by atoms with Crippen LogP contribution >= 0.6 is 23.4 Å². The number of hydrogen-bond donors (Lipinski definition) is 0. The van der Waals surface area contributed by atoms with Gasteiger partial charge in [0.15, 0.2) is 0 Å². The molecule has 1 aliphatic rings. The molecule has 2 aromatic carbocycles.